The van der Waals surface area contributed by atoms with E-state index in [-0.39, 0.29) is 28.7 Å². The number of benzene rings is 1. The summed E-state index contributed by atoms with van der Waals surface area (Å²) in [4.78, 5) is 6.79. The fourth-order valence-electron chi connectivity index (χ4n) is 4.21. The molecule has 3 rings (SSSR count). The third-order valence-electron chi connectivity index (χ3n) is 5.78. The normalized spacial score (nSPS) is 21.3. The second-order valence-corrected chi connectivity index (χ2v) is 9.44. The first-order chi connectivity index (χ1) is 14.2. The first-order valence-corrected chi connectivity index (χ1v) is 11.6. The highest BCUT2D eigenvalue weighted by molar-refractivity contribution is 14.0. The monoisotopic (exact) mass is 543 g/mol. The quantitative estimate of drug-likeness (QED) is 0.325. The van der Waals surface area contributed by atoms with Crippen molar-refractivity contribution in [3.8, 4) is 6.07 Å². The van der Waals surface area contributed by atoms with Gasteiger partial charge in [-0.2, -0.15) is 17.0 Å². The molecule has 0 bridgehead atoms. The fraction of sp³-hybridized carbons (Fsp3) is 0.636. The Morgan fingerprint density at radius 2 is 2.13 bits per heavy atom. The van der Waals surface area contributed by atoms with E-state index in [1.807, 2.05) is 43.1 Å². The summed E-state index contributed by atoms with van der Waals surface area (Å²) in [5.41, 5.74) is 1.78. The SMILES string of the molecule is CCSC1(CNC(=NC)NC2CCCN(c3ccccc3C#N)C2)CCOCC1.I. The molecule has 2 aliphatic heterocycles. The summed E-state index contributed by atoms with van der Waals surface area (Å²) < 4.78 is 5.81. The highest BCUT2D eigenvalue weighted by Gasteiger charge is 2.33. The zero-order valence-electron chi connectivity index (χ0n) is 18.0. The molecule has 30 heavy (non-hydrogen) atoms. The number of guanidine groups is 1. The topological polar surface area (TPSA) is 72.7 Å². The smallest absolute Gasteiger partial charge is 0.191 e. The van der Waals surface area contributed by atoms with Crippen molar-refractivity contribution in [1.82, 2.24) is 10.6 Å². The van der Waals surface area contributed by atoms with Crippen LogP contribution in [0, 0.1) is 11.3 Å². The second-order valence-electron chi connectivity index (χ2n) is 7.71. The van der Waals surface area contributed by atoms with Gasteiger partial charge in [0.05, 0.1) is 11.3 Å². The summed E-state index contributed by atoms with van der Waals surface area (Å²) in [6.45, 7) is 6.68. The van der Waals surface area contributed by atoms with Crippen molar-refractivity contribution in [3.05, 3.63) is 29.8 Å². The molecule has 0 radical (unpaired) electrons. The van der Waals surface area contributed by atoms with E-state index in [9.17, 15) is 5.26 Å². The van der Waals surface area contributed by atoms with E-state index in [2.05, 4.69) is 33.5 Å². The number of anilines is 1. The van der Waals surface area contributed by atoms with E-state index < -0.39 is 0 Å². The Kier molecular flexibility index (Phi) is 10.6. The van der Waals surface area contributed by atoms with E-state index in [1.165, 1.54) is 0 Å². The van der Waals surface area contributed by atoms with Crippen molar-refractivity contribution >= 4 is 47.4 Å². The van der Waals surface area contributed by atoms with Gasteiger partial charge >= 0.3 is 0 Å². The molecule has 1 aromatic rings. The van der Waals surface area contributed by atoms with Gasteiger partial charge in [-0.05, 0) is 43.6 Å². The number of aliphatic imine (C=N–C) groups is 1. The Bertz CT molecular complexity index is 727. The molecule has 2 saturated heterocycles. The number of nitrogens with one attached hydrogen (secondary N) is 2. The van der Waals surface area contributed by atoms with Gasteiger partial charge in [0.2, 0.25) is 0 Å². The maximum atomic E-state index is 9.43. The van der Waals surface area contributed by atoms with E-state index in [1.54, 1.807) is 0 Å². The summed E-state index contributed by atoms with van der Waals surface area (Å²) >= 11 is 2.04. The third-order valence-corrected chi connectivity index (χ3v) is 7.24. The van der Waals surface area contributed by atoms with Gasteiger partial charge < -0.3 is 20.3 Å². The lowest BCUT2D eigenvalue weighted by atomic mass is 9.99. The number of nitriles is 1. The maximum absolute atomic E-state index is 9.43. The summed E-state index contributed by atoms with van der Waals surface area (Å²) in [7, 11) is 1.84. The molecule has 1 atom stereocenters. The van der Waals surface area contributed by atoms with Crippen molar-refractivity contribution < 1.29 is 4.74 Å². The molecule has 166 valence electrons. The minimum atomic E-state index is 0. The van der Waals surface area contributed by atoms with Gasteiger partial charge in [0.25, 0.3) is 0 Å². The molecule has 0 spiro atoms. The largest absolute Gasteiger partial charge is 0.381 e. The molecule has 8 heteroatoms. The fourth-order valence-corrected chi connectivity index (χ4v) is 5.45. The molecule has 1 aromatic carbocycles. The molecule has 2 N–H and O–H groups in total. The van der Waals surface area contributed by atoms with Gasteiger partial charge in [-0.15, -0.1) is 24.0 Å². The minimum Gasteiger partial charge on any atom is -0.381 e. The molecule has 0 aliphatic carbocycles. The number of halogens is 1. The van der Waals surface area contributed by atoms with Crippen LogP contribution in [0.25, 0.3) is 0 Å². The van der Waals surface area contributed by atoms with Gasteiger partial charge in [0, 0.05) is 50.7 Å². The van der Waals surface area contributed by atoms with Gasteiger partial charge in [-0.25, -0.2) is 0 Å². The van der Waals surface area contributed by atoms with E-state index in [4.69, 9.17) is 4.74 Å². The van der Waals surface area contributed by atoms with Crippen molar-refractivity contribution in [2.24, 2.45) is 4.99 Å². The highest BCUT2D eigenvalue weighted by atomic mass is 127. The lowest BCUT2D eigenvalue weighted by molar-refractivity contribution is 0.0782. The first-order valence-electron chi connectivity index (χ1n) is 10.6. The van der Waals surface area contributed by atoms with Crippen LogP contribution in [-0.4, -0.2) is 62.4 Å². The maximum Gasteiger partial charge on any atom is 0.191 e. The number of rotatable bonds is 6. The van der Waals surface area contributed by atoms with Crippen LogP contribution in [0.3, 0.4) is 0 Å². The summed E-state index contributed by atoms with van der Waals surface area (Å²) in [5, 5.41) is 16.6. The summed E-state index contributed by atoms with van der Waals surface area (Å²) in [6.07, 6.45) is 4.37. The van der Waals surface area contributed by atoms with Crippen molar-refractivity contribution in [2.75, 3.05) is 50.5 Å². The number of hydrogen-bond donors (Lipinski definition) is 2. The Labute approximate surface area is 202 Å². The van der Waals surface area contributed by atoms with Gasteiger partial charge in [-0.1, -0.05) is 19.1 Å². The van der Waals surface area contributed by atoms with Gasteiger partial charge in [-0.3, -0.25) is 4.99 Å². The molecule has 0 amide bonds. The van der Waals surface area contributed by atoms with Crippen LogP contribution < -0.4 is 15.5 Å². The minimum absolute atomic E-state index is 0. The van der Waals surface area contributed by atoms with Crippen LogP contribution in [0.2, 0.25) is 0 Å². The number of thioether (sulfide) groups is 1. The number of nitrogens with zero attached hydrogens (tertiary/aromatic N) is 3. The van der Waals surface area contributed by atoms with E-state index in [0.29, 0.717) is 6.04 Å². The summed E-state index contributed by atoms with van der Waals surface area (Å²) in [6, 6.07) is 10.5. The number of ether oxygens (including phenoxy) is 1. The van der Waals surface area contributed by atoms with Crippen LogP contribution in [0.1, 0.15) is 38.2 Å². The molecule has 0 saturated carbocycles. The molecule has 6 nitrogen and oxygen atoms in total. The zero-order chi connectivity index (χ0) is 20.5. The number of para-hydroxylation sites is 1. The molecular formula is C22H34IN5OS. The molecule has 2 aliphatic rings. The van der Waals surface area contributed by atoms with Crippen LogP contribution >= 0.6 is 35.7 Å². The standard InChI is InChI=1S/C22H33N5OS.HI/c1-3-29-22(10-13-28-14-11-22)17-25-21(24-2)26-19-8-6-12-27(16-19)20-9-5-4-7-18(20)15-23;/h4-5,7,9,19H,3,6,8,10-14,16-17H2,1-2H3,(H2,24,25,26);1H. The lowest BCUT2D eigenvalue weighted by Gasteiger charge is -2.38. The molecule has 2 fully saturated rings. The predicted molar refractivity (Wildman–Crippen MR) is 137 cm³/mol. The first kappa shape index (κ1) is 25.1. The average molecular weight is 544 g/mol. The number of hydrogen-bond acceptors (Lipinski definition) is 5. The average Bonchev–Trinajstić information content (AvgIpc) is 2.77. The zero-order valence-corrected chi connectivity index (χ0v) is 21.2. The van der Waals surface area contributed by atoms with E-state index >= 15 is 0 Å². The molecule has 1 unspecified atom stereocenters. The van der Waals surface area contributed by atoms with Crippen LogP contribution in [0.15, 0.2) is 29.3 Å². The Balaban J connectivity index is 0.00000320. The molecule has 2 heterocycles. The predicted octanol–water partition coefficient (Wildman–Crippen LogP) is 3.61. The Hall–Kier alpha value is -1.18. The highest BCUT2D eigenvalue weighted by Crippen LogP contribution is 2.34. The van der Waals surface area contributed by atoms with E-state index in [0.717, 1.165) is 81.5 Å². The van der Waals surface area contributed by atoms with Crippen LogP contribution in [0.5, 0.6) is 0 Å². The van der Waals surface area contributed by atoms with Crippen molar-refractivity contribution in [3.63, 3.8) is 0 Å². The Morgan fingerprint density at radius 3 is 2.83 bits per heavy atom. The molecular weight excluding hydrogens is 509 g/mol. The molecule has 0 aromatic heterocycles. The second kappa shape index (κ2) is 12.6. The lowest BCUT2D eigenvalue weighted by Crippen LogP contribution is -2.54. The van der Waals surface area contributed by atoms with Crippen molar-refractivity contribution in [1.29, 1.82) is 5.26 Å². The Morgan fingerprint density at radius 1 is 1.37 bits per heavy atom. The third kappa shape index (κ3) is 6.66. The van der Waals surface area contributed by atoms with Gasteiger partial charge in [0.1, 0.15) is 6.07 Å². The van der Waals surface area contributed by atoms with Crippen LogP contribution in [-0.2, 0) is 4.74 Å². The van der Waals surface area contributed by atoms with Gasteiger partial charge in [0.15, 0.2) is 5.96 Å². The number of piperidine rings is 1. The van der Waals surface area contributed by atoms with Crippen LogP contribution in [0.4, 0.5) is 5.69 Å². The van der Waals surface area contributed by atoms with Crippen molar-refractivity contribution in [2.45, 2.75) is 43.4 Å². The summed E-state index contributed by atoms with van der Waals surface area (Å²) in [5.74, 6) is 1.98.